The van der Waals surface area contributed by atoms with Gasteiger partial charge in [0.15, 0.2) is 0 Å². The first-order valence-corrected chi connectivity index (χ1v) is 7.92. The van der Waals surface area contributed by atoms with Crippen molar-refractivity contribution in [3.05, 3.63) is 35.4 Å². The van der Waals surface area contributed by atoms with Crippen molar-refractivity contribution in [2.75, 3.05) is 20.1 Å². The molecule has 1 N–H and O–H groups in total. The Bertz CT molecular complexity index is 578. The van der Waals surface area contributed by atoms with Crippen molar-refractivity contribution in [2.45, 2.75) is 32.2 Å². The highest BCUT2D eigenvalue weighted by molar-refractivity contribution is 5.79. The average Bonchev–Trinajstić information content (AvgIpc) is 3.10. The molecule has 1 saturated heterocycles. The minimum absolute atomic E-state index is 0.0178. The van der Waals surface area contributed by atoms with Crippen LogP contribution >= 0.6 is 0 Å². The number of halogens is 2. The van der Waals surface area contributed by atoms with Gasteiger partial charge in [-0.3, -0.25) is 9.69 Å². The number of hydrogen-bond acceptors (Lipinski definition) is 2. The normalized spacial score (nSPS) is 28.4. The predicted octanol–water partition coefficient (Wildman–Crippen LogP) is 2.70. The van der Waals surface area contributed by atoms with Crippen LogP contribution in [0.5, 0.6) is 0 Å². The van der Waals surface area contributed by atoms with Crippen LogP contribution in [0.25, 0.3) is 0 Å². The van der Waals surface area contributed by atoms with E-state index in [2.05, 4.69) is 10.2 Å². The van der Waals surface area contributed by atoms with Crippen LogP contribution in [-0.2, 0) is 11.3 Å². The minimum Gasteiger partial charge on any atom is -0.359 e. The third kappa shape index (κ3) is 2.74. The molecule has 0 aromatic heterocycles. The molecule has 2 fully saturated rings. The summed E-state index contributed by atoms with van der Waals surface area (Å²) in [5.41, 5.74) is 0.413. The topological polar surface area (TPSA) is 32.3 Å². The monoisotopic (exact) mass is 308 g/mol. The van der Waals surface area contributed by atoms with E-state index in [0.29, 0.717) is 12.1 Å². The van der Waals surface area contributed by atoms with Crippen LogP contribution < -0.4 is 5.32 Å². The van der Waals surface area contributed by atoms with E-state index in [1.807, 2.05) is 0 Å². The van der Waals surface area contributed by atoms with Gasteiger partial charge in [-0.2, -0.15) is 0 Å². The SMILES string of the molecule is CNC(=O)[C@@H]1CCC[C@@]12CCN(Cc1cc(F)ccc1F)C2. The Balaban J connectivity index is 1.72. The van der Waals surface area contributed by atoms with Crippen LogP contribution in [0.3, 0.4) is 0 Å². The zero-order chi connectivity index (χ0) is 15.7. The fourth-order valence-electron chi connectivity index (χ4n) is 4.24. The Morgan fingerprint density at radius 2 is 2.23 bits per heavy atom. The van der Waals surface area contributed by atoms with Crippen LogP contribution in [0.15, 0.2) is 18.2 Å². The van der Waals surface area contributed by atoms with Gasteiger partial charge in [0, 0.05) is 31.6 Å². The number of hydrogen-bond donors (Lipinski definition) is 1. The van der Waals surface area contributed by atoms with Crippen molar-refractivity contribution in [3.8, 4) is 0 Å². The molecule has 1 spiro atoms. The summed E-state index contributed by atoms with van der Waals surface area (Å²) < 4.78 is 27.1. The van der Waals surface area contributed by atoms with E-state index in [1.54, 1.807) is 7.05 Å². The molecule has 1 aliphatic heterocycles. The van der Waals surface area contributed by atoms with Crippen molar-refractivity contribution in [3.63, 3.8) is 0 Å². The standard InChI is InChI=1S/C17H22F2N2O/c1-20-16(22)14-3-2-6-17(14)7-8-21(11-17)10-12-9-13(18)4-5-15(12)19/h4-5,9,14H,2-3,6-8,10-11H2,1H3,(H,20,22)/t14-,17-/m0/s1. The first-order chi connectivity index (χ1) is 10.5. The Hall–Kier alpha value is -1.49. The molecule has 1 aromatic rings. The number of likely N-dealkylation sites (tertiary alicyclic amines) is 1. The lowest BCUT2D eigenvalue weighted by Crippen LogP contribution is -2.39. The van der Waals surface area contributed by atoms with Crippen LogP contribution in [0, 0.1) is 23.0 Å². The summed E-state index contributed by atoms with van der Waals surface area (Å²) in [6.07, 6.45) is 4.01. The number of carbonyl (C=O) groups is 1. The van der Waals surface area contributed by atoms with Crippen molar-refractivity contribution >= 4 is 5.91 Å². The maximum absolute atomic E-state index is 13.8. The van der Waals surface area contributed by atoms with Gasteiger partial charge in [0.25, 0.3) is 0 Å². The highest BCUT2D eigenvalue weighted by Gasteiger charge is 2.49. The van der Waals surface area contributed by atoms with Gasteiger partial charge in [0.1, 0.15) is 11.6 Å². The molecule has 3 nitrogen and oxygen atoms in total. The highest BCUT2D eigenvalue weighted by Crippen LogP contribution is 2.50. The number of rotatable bonds is 3. The Morgan fingerprint density at radius 1 is 1.41 bits per heavy atom. The summed E-state index contributed by atoms with van der Waals surface area (Å²) in [5, 5.41) is 2.77. The quantitative estimate of drug-likeness (QED) is 0.931. The second-order valence-electron chi connectivity index (χ2n) is 6.62. The molecule has 1 aromatic carbocycles. The van der Waals surface area contributed by atoms with Gasteiger partial charge in [0.05, 0.1) is 0 Å². The van der Waals surface area contributed by atoms with E-state index in [0.717, 1.165) is 44.8 Å². The lowest BCUT2D eigenvalue weighted by Gasteiger charge is -2.30. The predicted molar refractivity (Wildman–Crippen MR) is 80.1 cm³/mol. The van der Waals surface area contributed by atoms with Crippen molar-refractivity contribution in [1.29, 1.82) is 0 Å². The summed E-state index contributed by atoms with van der Waals surface area (Å²) >= 11 is 0. The molecule has 0 radical (unpaired) electrons. The maximum Gasteiger partial charge on any atom is 0.223 e. The highest BCUT2D eigenvalue weighted by atomic mass is 19.1. The van der Waals surface area contributed by atoms with E-state index >= 15 is 0 Å². The molecule has 2 atom stereocenters. The molecule has 0 bridgehead atoms. The van der Waals surface area contributed by atoms with Gasteiger partial charge < -0.3 is 5.32 Å². The van der Waals surface area contributed by atoms with Gasteiger partial charge in [-0.05, 0) is 49.4 Å². The number of nitrogens with zero attached hydrogens (tertiary/aromatic N) is 1. The number of amides is 1. The molecule has 120 valence electrons. The average molecular weight is 308 g/mol. The third-order valence-electron chi connectivity index (χ3n) is 5.34. The summed E-state index contributed by atoms with van der Waals surface area (Å²) in [6.45, 7) is 2.04. The molecule has 5 heteroatoms. The molecule has 1 aliphatic carbocycles. The largest absolute Gasteiger partial charge is 0.359 e. The molecular formula is C17H22F2N2O. The van der Waals surface area contributed by atoms with Crippen LogP contribution in [0.4, 0.5) is 8.78 Å². The Labute approximate surface area is 129 Å². The zero-order valence-corrected chi connectivity index (χ0v) is 12.9. The summed E-state index contributed by atoms with van der Waals surface area (Å²) in [6, 6.07) is 3.59. The Kier molecular flexibility index (Phi) is 4.17. The van der Waals surface area contributed by atoms with Gasteiger partial charge in [-0.15, -0.1) is 0 Å². The number of benzene rings is 1. The van der Waals surface area contributed by atoms with Crippen molar-refractivity contribution in [1.82, 2.24) is 10.2 Å². The summed E-state index contributed by atoms with van der Waals surface area (Å²) in [4.78, 5) is 14.3. The summed E-state index contributed by atoms with van der Waals surface area (Å²) in [7, 11) is 1.68. The second-order valence-corrected chi connectivity index (χ2v) is 6.62. The maximum atomic E-state index is 13.8. The molecule has 0 unspecified atom stereocenters. The van der Waals surface area contributed by atoms with E-state index in [1.165, 1.54) is 12.1 Å². The zero-order valence-electron chi connectivity index (χ0n) is 12.9. The molecule has 3 rings (SSSR count). The lowest BCUT2D eigenvalue weighted by molar-refractivity contribution is -0.127. The van der Waals surface area contributed by atoms with Crippen molar-refractivity contribution in [2.24, 2.45) is 11.3 Å². The molecule has 1 amide bonds. The molecule has 1 heterocycles. The van der Waals surface area contributed by atoms with E-state index in [4.69, 9.17) is 0 Å². The van der Waals surface area contributed by atoms with Crippen LogP contribution in [0.2, 0.25) is 0 Å². The second kappa shape index (κ2) is 5.95. The minimum atomic E-state index is -0.408. The number of carbonyl (C=O) groups excluding carboxylic acids is 1. The summed E-state index contributed by atoms with van der Waals surface area (Å²) in [5.74, 6) is -0.595. The first-order valence-electron chi connectivity index (χ1n) is 7.92. The smallest absolute Gasteiger partial charge is 0.223 e. The fourth-order valence-corrected chi connectivity index (χ4v) is 4.24. The van der Waals surface area contributed by atoms with Gasteiger partial charge in [-0.25, -0.2) is 8.78 Å². The van der Waals surface area contributed by atoms with Gasteiger partial charge >= 0.3 is 0 Å². The van der Waals surface area contributed by atoms with Crippen molar-refractivity contribution < 1.29 is 13.6 Å². The first kappa shape index (κ1) is 15.4. The lowest BCUT2D eigenvalue weighted by atomic mass is 9.76. The van der Waals surface area contributed by atoms with Gasteiger partial charge in [0.2, 0.25) is 5.91 Å². The van der Waals surface area contributed by atoms with E-state index < -0.39 is 5.82 Å². The molecular weight excluding hydrogens is 286 g/mol. The van der Waals surface area contributed by atoms with Crippen LogP contribution in [-0.4, -0.2) is 30.9 Å². The molecule has 22 heavy (non-hydrogen) atoms. The van der Waals surface area contributed by atoms with Crippen LogP contribution in [0.1, 0.15) is 31.2 Å². The van der Waals surface area contributed by atoms with Gasteiger partial charge in [-0.1, -0.05) is 6.42 Å². The molecule has 1 saturated carbocycles. The third-order valence-corrected chi connectivity index (χ3v) is 5.34. The van der Waals surface area contributed by atoms with E-state index in [9.17, 15) is 13.6 Å². The molecule has 2 aliphatic rings. The number of nitrogens with one attached hydrogen (secondary N) is 1. The Morgan fingerprint density at radius 3 is 3.00 bits per heavy atom. The fraction of sp³-hybridized carbons (Fsp3) is 0.588. The van der Waals surface area contributed by atoms with E-state index in [-0.39, 0.29) is 23.1 Å².